The molecule has 0 aromatic rings. The van der Waals surface area contributed by atoms with Gasteiger partial charge >= 0.3 is 0 Å². The maximum atomic E-state index is 2.47. The topological polar surface area (TPSA) is 0 Å². The summed E-state index contributed by atoms with van der Waals surface area (Å²) >= 11 is 0. The Hall–Kier alpha value is 0. The third-order valence-corrected chi connectivity index (χ3v) is 6.54. The Bertz CT molecular complexity index is 253. The first kappa shape index (κ1) is 13.0. The third-order valence-electron chi connectivity index (χ3n) is 6.54. The molecule has 3 rings (SSSR count). The van der Waals surface area contributed by atoms with Gasteiger partial charge in [0, 0.05) is 0 Å². The highest BCUT2D eigenvalue weighted by Gasteiger charge is 2.34. The molecule has 0 heteroatoms. The predicted octanol–water partition coefficient (Wildman–Crippen LogP) is 5.81. The van der Waals surface area contributed by atoms with Crippen molar-refractivity contribution in [3.63, 3.8) is 0 Å². The first-order valence-electron chi connectivity index (χ1n) is 8.83. The van der Waals surface area contributed by atoms with E-state index < -0.39 is 0 Å². The largest absolute Gasteiger partial charge is 0.0625 e. The lowest BCUT2D eigenvalue weighted by Gasteiger charge is -2.41. The molecule has 0 saturated heterocycles. The van der Waals surface area contributed by atoms with Crippen LogP contribution in [0.25, 0.3) is 0 Å². The molecule has 0 amide bonds. The van der Waals surface area contributed by atoms with E-state index in [1.54, 1.807) is 51.4 Å². The predicted molar refractivity (Wildman–Crippen MR) is 78.5 cm³/mol. The summed E-state index contributed by atoms with van der Waals surface area (Å²) in [6, 6.07) is 0. The molecule has 4 atom stereocenters. The van der Waals surface area contributed by atoms with Crippen LogP contribution in [0.4, 0.5) is 0 Å². The summed E-state index contributed by atoms with van der Waals surface area (Å²) in [5.74, 6) is 5.53. The van der Waals surface area contributed by atoms with Crippen LogP contribution in [0, 0.1) is 29.6 Å². The second-order valence-corrected chi connectivity index (χ2v) is 7.75. The molecule has 3 fully saturated rings. The molecule has 0 nitrogen and oxygen atoms in total. The fraction of sp³-hybridized carbons (Fsp3) is 1.00. The molecule has 3 aliphatic carbocycles. The Balaban J connectivity index is 1.54. The first-order chi connectivity index (χ1) is 8.83. The molecule has 18 heavy (non-hydrogen) atoms. The smallest absolute Gasteiger partial charge is 0.0383 e. The highest BCUT2D eigenvalue weighted by atomic mass is 14.4. The minimum atomic E-state index is 1.01. The number of rotatable bonds is 2. The minimum absolute atomic E-state index is 1.01. The Kier molecular flexibility index (Phi) is 4.31. The average Bonchev–Trinajstić information content (AvgIpc) is 2.52. The molecule has 0 bridgehead atoms. The average molecular weight is 248 g/mol. The van der Waals surface area contributed by atoms with E-state index in [1.165, 1.54) is 25.7 Å². The molecule has 0 aromatic heterocycles. The summed E-state index contributed by atoms with van der Waals surface area (Å²) in [5, 5.41) is 0. The van der Waals surface area contributed by atoms with Crippen LogP contribution >= 0.6 is 0 Å². The van der Waals surface area contributed by atoms with Gasteiger partial charge in [0.05, 0.1) is 0 Å². The van der Waals surface area contributed by atoms with Crippen molar-refractivity contribution in [1.82, 2.24) is 0 Å². The van der Waals surface area contributed by atoms with Gasteiger partial charge < -0.3 is 0 Å². The zero-order chi connectivity index (χ0) is 12.4. The summed E-state index contributed by atoms with van der Waals surface area (Å²) < 4.78 is 0. The summed E-state index contributed by atoms with van der Waals surface area (Å²) in [4.78, 5) is 0. The van der Waals surface area contributed by atoms with E-state index in [1.807, 2.05) is 0 Å². The van der Waals surface area contributed by atoms with Gasteiger partial charge in [-0.05, 0) is 42.4 Å². The van der Waals surface area contributed by atoms with E-state index in [0.717, 1.165) is 29.6 Å². The molecule has 0 heterocycles. The van der Waals surface area contributed by atoms with Gasteiger partial charge in [0.15, 0.2) is 0 Å². The maximum absolute atomic E-state index is 2.47. The van der Waals surface area contributed by atoms with E-state index in [0.29, 0.717) is 0 Å². The Morgan fingerprint density at radius 3 is 1.67 bits per heavy atom. The molecule has 3 aliphatic rings. The van der Waals surface area contributed by atoms with Crippen LogP contribution in [-0.4, -0.2) is 0 Å². The molecule has 0 N–H and O–H groups in total. The second-order valence-electron chi connectivity index (χ2n) is 7.75. The van der Waals surface area contributed by atoms with Gasteiger partial charge in [-0.25, -0.2) is 0 Å². The molecule has 4 unspecified atom stereocenters. The van der Waals surface area contributed by atoms with Crippen LogP contribution in [0.1, 0.15) is 84.0 Å². The van der Waals surface area contributed by atoms with Crippen LogP contribution in [0.5, 0.6) is 0 Å². The van der Waals surface area contributed by atoms with Crippen LogP contribution in [0.3, 0.4) is 0 Å². The van der Waals surface area contributed by atoms with Crippen molar-refractivity contribution in [1.29, 1.82) is 0 Å². The zero-order valence-electron chi connectivity index (χ0n) is 12.4. The molecular formula is C18H32. The first-order valence-corrected chi connectivity index (χ1v) is 8.83. The van der Waals surface area contributed by atoms with Gasteiger partial charge in [0.2, 0.25) is 0 Å². The Labute approximate surface area is 114 Å². The van der Waals surface area contributed by atoms with E-state index in [9.17, 15) is 0 Å². The summed E-state index contributed by atoms with van der Waals surface area (Å²) in [7, 11) is 0. The summed E-state index contributed by atoms with van der Waals surface area (Å²) in [6.45, 7) is 2.47. The van der Waals surface area contributed by atoms with Gasteiger partial charge in [-0.3, -0.25) is 0 Å². The lowest BCUT2D eigenvalue weighted by atomic mass is 9.64. The monoisotopic (exact) mass is 248 g/mol. The van der Waals surface area contributed by atoms with Crippen molar-refractivity contribution in [2.75, 3.05) is 0 Å². The lowest BCUT2D eigenvalue weighted by Crippen LogP contribution is -2.30. The van der Waals surface area contributed by atoms with E-state index in [-0.39, 0.29) is 0 Å². The van der Waals surface area contributed by atoms with Gasteiger partial charge in [0.25, 0.3) is 0 Å². The molecule has 0 aromatic carbocycles. The highest BCUT2D eigenvalue weighted by Crippen LogP contribution is 2.46. The SMILES string of the molecule is CC1CCCC(C2CCCC(C3CCC3)C2)CC1. The Morgan fingerprint density at radius 2 is 1.00 bits per heavy atom. The summed E-state index contributed by atoms with van der Waals surface area (Å²) in [6.07, 6.45) is 18.7. The number of hydrogen-bond donors (Lipinski definition) is 0. The number of hydrogen-bond acceptors (Lipinski definition) is 0. The minimum Gasteiger partial charge on any atom is -0.0625 e. The van der Waals surface area contributed by atoms with Crippen LogP contribution in [0.2, 0.25) is 0 Å². The fourth-order valence-corrected chi connectivity index (χ4v) is 5.02. The van der Waals surface area contributed by atoms with Gasteiger partial charge in [-0.1, -0.05) is 71.1 Å². The maximum Gasteiger partial charge on any atom is -0.0383 e. The molecule has 0 aliphatic heterocycles. The molecule has 104 valence electrons. The van der Waals surface area contributed by atoms with Crippen molar-refractivity contribution in [2.24, 2.45) is 29.6 Å². The van der Waals surface area contributed by atoms with Crippen molar-refractivity contribution >= 4 is 0 Å². The molecular weight excluding hydrogens is 216 g/mol. The normalized spacial score (nSPS) is 43.2. The van der Waals surface area contributed by atoms with Crippen LogP contribution in [0.15, 0.2) is 0 Å². The van der Waals surface area contributed by atoms with E-state index >= 15 is 0 Å². The van der Waals surface area contributed by atoms with Gasteiger partial charge in [-0.15, -0.1) is 0 Å². The lowest BCUT2D eigenvalue weighted by molar-refractivity contribution is 0.101. The summed E-state index contributed by atoms with van der Waals surface area (Å²) in [5.41, 5.74) is 0. The molecule has 0 spiro atoms. The quantitative estimate of drug-likeness (QED) is 0.541. The van der Waals surface area contributed by atoms with E-state index in [2.05, 4.69) is 6.92 Å². The zero-order valence-corrected chi connectivity index (χ0v) is 12.4. The molecule has 3 saturated carbocycles. The third kappa shape index (κ3) is 2.94. The van der Waals surface area contributed by atoms with Crippen molar-refractivity contribution in [3.05, 3.63) is 0 Å². The Morgan fingerprint density at radius 1 is 0.500 bits per heavy atom. The fourth-order valence-electron chi connectivity index (χ4n) is 5.02. The van der Waals surface area contributed by atoms with Crippen LogP contribution in [-0.2, 0) is 0 Å². The van der Waals surface area contributed by atoms with Crippen molar-refractivity contribution < 1.29 is 0 Å². The highest BCUT2D eigenvalue weighted by molar-refractivity contribution is 4.86. The van der Waals surface area contributed by atoms with Crippen LogP contribution < -0.4 is 0 Å². The van der Waals surface area contributed by atoms with Gasteiger partial charge in [-0.2, -0.15) is 0 Å². The molecule has 0 radical (unpaired) electrons. The van der Waals surface area contributed by atoms with Gasteiger partial charge in [0.1, 0.15) is 0 Å². The van der Waals surface area contributed by atoms with Crippen molar-refractivity contribution in [3.8, 4) is 0 Å². The van der Waals surface area contributed by atoms with E-state index in [4.69, 9.17) is 0 Å². The second kappa shape index (κ2) is 5.97. The standard InChI is InChI=1S/C18H32/c1-14-5-2-6-16(12-11-14)18-10-4-9-17(13-18)15-7-3-8-15/h14-18H,2-13H2,1H3. The van der Waals surface area contributed by atoms with Crippen molar-refractivity contribution in [2.45, 2.75) is 84.0 Å².